The first-order valence-corrected chi connectivity index (χ1v) is 7.18. The van der Waals surface area contributed by atoms with Crippen LogP contribution in [0.15, 0.2) is 34.8 Å². The monoisotopic (exact) mass is 394 g/mol. The Morgan fingerprint density at radius 2 is 1.75 bits per heavy atom. The molecule has 0 fully saturated rings. The van der Waals surface area contributed by atoms with Gasteiger partial charge >= 0.3 is 5.69 Å². The van der Waals surface area contributed by atoms with Crippen LogP contribution in [-0.2, 0) is 0 Å². The largest absolute Gasteiger partial charge is 0.349 e. The van der Waals surface area contributed by atoms with Crippen LogP contribution in [0.1, 0.15) is 0 Å². The minimum atomic E-state index is -0.557. The molecule has 0 saturated heterocycles. The number of rotatable bonds is 3. The van der Waals surface area contributed by atoms with Crippen molar-refractivity contribution < 1.29 is 4.92 Å². The topological polar surface area (TPSA) is 55.2 Å². The number of benzene rings is 2. The number of nitrogens with zero attached hydrogens (tertiary/aromatic N) is 1. The molecule has 0 amide bonds. The van der Waals surface area contributed by atoms with Crippen molar-refractivity contribution in [1.82, 2.24) is 0 Å². The molecule has 0 radical (unpaired) electrons. The second-order valence-electron chi connectivity index (χ2n) is 3.74. The first-order chi connectivity index (χ1) is 9.41. The zero-order valence-electron chi connectivity index (χ0n) is 9.66. The van der Waals surface area contributed by atoms with E-state index in [2.05, 4.69) is 21.2 Å². The highest BCUT2D eigenvalue weighted by Gasteiger charge is 2.19. The molecule has 0 bridgehead atoms. The van der Waals surface area contributed by atoms with Gasteiger partial charge in [0.1, 0.15) is 10.7 Å². The normalized spacial score (nSPS) is 10.4. The van der Waals surface area contributed by atoms with Crippen LogP contribution >= 0.6 is 50.7 Å². The van der Waals surface area contributed by atoms with E-state index in [1.807, 2.05) is 0 Å². The van der Waals surface area contributed by atoms with Crippen molar-refractivity contribution in [3.63, 3.8) is 0 Å². The van der Waals surface area contributed by atoms with Crippen molar-refractivity contribution in [3.05, 3.63) is 60.0 Å². The maximum Gasteiger partial charge on any atom is 0.311 e. The summed E-state index contributed by atoms with van der Waals surface area (Å²) in [5.41, 5.74) is 0.470. The van der Waals surface area contributed by atoms with E-state index < -0.39 is 4.92 Å². The lowest BCUT2D eigenvalue weighted by Crippen LogP contribution is -1.98. The van der Waals surface area contributed by atoms with Crippen LogP contribution in [-0.4, -0.2) is 4.92 Å². The minimum Gasteiger partial charge on any atom is -0.349 e. The van der Waals surface area contributed by atoms with E-state index in [9.17, 15) is 10.1 Å². The molecule has 0 spiro atoms. The molecule has 8 heteroatoms. The summed E-state index contributed by atoms with van der Waals surface area (Å²) in [6, 6.07) is 7.93. The van der Waals surface area contributed by atoms with Crippen LogP contribution in [0.25, 0.3) is 0 Å². The third kappa shape index (κ3) is 3.01. The van der Waals surface area contributed by atoms with Gasteiger partial charge in [-0.3, -0.25) is 10.1 Å². The zero-order chi connectivity index (χ0) is 14.9. The number of hydrogen-bond donors (Lipinski definition) is 1. The molecular formula is C12H6BrCl3N2O2. The Morgan fingerprint density at radius 3 is 2.40 bits per heavy atom. The SMILES string of the molecule is O=[N+]([O-])c1c(Cl)cccc1Nc1ccc(Br)c(Cl)c1Cl. The third-order valence-corrected chi connectivity index (χ3v) is 4.55. The van der Waals surface area contributed by atoms with E-state index in [1.54, 1.807) is 18.2 Å². The zero-order valence-corrected chi connectivity index (χ0v) is 13.5. The predicted octanol–water partition coefficient (Wildman–Crippen LogP) is 6.06. The van der Waals surface area contributed by atoms with E-state index in [0.717, 1.165) is 0 Å². The summed E-state index contributed by atoms with van der Waals surface area (Å²) < 4.78 is 0.635. The lowest BCUT2D eigenvalue weighted by atomic mass is 10.2. The van der Waals surface area contributed by atoms with Crippen molar-refractivity contribution in [2.24, 2.45) is 0 Å². The number of nitrogens with one attached hydrogen (secondary N) is 1. The predicted molar refractivity (Wildman–Crippen MR) is 85.6 cm³/mol. The Kier molecular flexibility index (Phi) is 4.75. The molecular weight excluding hydrogens is 390 g/mol. The molecule has 2 aromatic rings. The lowest BCUT2D eigenvalue weighted by molar-refractivity contribution is -0.383. The average molecular weight is 396 g/mol. The molecule has 0 saturated carbocycles. The molecule has 1 N–H and O–H groups in total. The highest BCUT2D eigenvalue weighted by molar-refractivity contribution is 9.10. The smallest absolute Gasteiger partial charge is 0.311 e. The molecule has 0 heterocycles. The third-order valence-electron chi connectivity index (χ3n) is 2.47. The Bertz CT molecular complexity index is 695. The van der Waals surface area contributed by atoms with Crippen molar-refractivity contribution in [3.8, 4) is 0 Å². The van der Waals surface area contributed by atoms with Crippen LogP contribution in [0.2, 0.25) is 15.1 Å². The van der Waals surface area contributed by atoms with Crippen molar-refractivity contribution in [2.45, 2.75) is 0 Å². The molecule has 0 aromatic heterocycles. The number of nitro groups is 1. The maximum absolute atomic E-state index is 11.1. The molecule has 0 atom stereocenters. The maximum atomic E-state index is 11.1. The van der Waals surface area contributed by atoms with Crippen LogP contribution in [0.5, 0.6) is 0 Å². The molecule has 4 nitrogen and oxygen atoms in total. The average Bonchev–Trinajstić information content (AvgIpc) is 2.39. The van der Waals surface area contributed by atoms with Gasteiger partial charge in [-0.25, -0.2) is 0 Å². The summed E-state index contributed by atoms with van der Waals surface area (Å²) in [7, 11) is 0. The molecule has 0 unspecified atom stereocenters. The van der Waals surface area contributed by atoms with Crippen molar-refractivity contribution in [2.75, 3.05) is 5.32 Å². The number of anilines is 2. The van der Waals surface area contributed by atoms with Gasteiger partial charge in [-0.15, -0.1) is 0 Å². The fourth-order valence-electron chi connectivity index (χ4n) is 1.57. The van der Waals surface area contributed by atoms with Gasteiger partial charge in [-0.05, 0) is 40.2 Å². The first-order valence-electron chi connectivity index (χ1n) is 5.25. The highest BCUT2D eigenvalue weighted by Crippen LogP contribution is 2.40. The van der Waals surface area contributed by atoms with Gasteiger partial charge in [0, 0.05) is 4.47 Å². The van der Waals surface area contributed by atoms with Gasteiger partial charge in [-0.1, -0.05) is 40.9 Å². The van der Waals surface area contributed by atoms with Crippen molar-refractivity contribution >= 4 is 67.8 Å². The molecule has 104 valence electrons. The van der Waals surface area contributed by atoms with Gasteiger partial charge in [0.15, 0.2) is 0 Å². The summed E-state index contributed by atoms with van der Waals surface area (Å²) in [5.74, 6) is 0. The van der Waals surface area contributed by atoms with Crippen LogP contribution in [0, 0.1) is 10.1 Å². The van der Waals surface area contributed by atoms with E-state index >= 15 is 0 Å². The molecule has 0 aliphatic carbocycles. The molecule has 0 aliphatic heterocycles. The lowest BCUT2D eigenvalue weighted by Gasteiger charge is -2.11. The Balaban J connectivity index is 2.48. The summed E-state index contributed by atoms with van der Waals surface area (Å²) in [4.78, 5) is 10.5. The van der Waals surface area contributed by atoms with E-state index in [4.69, 9.17) is 34.8 Å². The van der Waals surface area contributed by atoms with Gasteiger partial charge in [0.05, 0.1) is 20.7 Å². The minimum absolute atomic E-state index is 0.0410. The summed E-state index contributed by atoms with van der Waals surface area (Å²) in [6.07, 6.45) is 0. The number of nitro benzene ring substituents is 1. The van der Waals surface area contributed by atoms with Crippen LogP contribution in [0.4, 0.5) is 17.1 Å². The Labute approximate surface area is 137 Å². The number of hydrogen-bond acceptors (Lipinski definition) is 3. The Hall–Kier alpha value is -1.01. The molecule has 2 rings (SSSR count). The van der Waals surface area contributed by atoms with Gasteiger partial charge < -0.3 is 5.32 Å². The number of halogens is 4. The highest BCUT2D eigenvalue weighted by atomic mass is 79.9. The number of para-hydroxylation sites is 1. The first kappa shape index (κ1) is 15.4. The second-order valence-corrected chi connectivity index (χ2v) is 5.76. The standard InChI is InChI=1S/C12H6BrCl3N2O2/c13-6-4-5-8(11(16)10(6)15)17-9-3-1-2-7(14)12(9)18(19)20/h1-5,17H. The summed E-state index contributed by atoms with van der Waals surface area (Å²) >= 11 is 21.2. The van der Waals surface area contributed by atoms with E-state index in [1.165, 1.54) is 12.1 Å². The fraction of sp³-hybridized carbons (Fsp3) is 0. The van der Waals surface area contributed by atoms with Gasteiger partial charge in [-0.2, -0.15) is 0 Å². The van der Waals surface area contributed by atoms with E-state index in [0.29, 0.717) is 15.2 Å². The quantitative estimate of drug-likeness (QED) is 0.390. The van der Waals surface area contributed by atoms with Gasteiger partial charge in [0.25, 0.3) is 0 Å². The van der Waals surface area contributed by atoms with Gasteiger partial charge in [0.2, 0.25) is 0 Å². The fourth-order valence-corrected chi connectivity index (χ4v) is 2.63. The Morgan fingerprint density at radius 1 is 1.05 bits per heavy atom. The molecule has 2 aromatic carbocycles. The van der Waals surface area contributed by atoms with Crippen LogP contribution in [0.3, 0.4) is 0 Å². The second kappa shape index (κ2) is 6.18. The molecule has 0 aliphatic rings. The van der Waals surface area contributed by atoms with Crippen LogP contribution < -0.4 is 5.32 Å². The summed E-state index contributed by atoms with van der Waals surface area (Å²) in [6.45, 7) is 0. The van der Waals surface area contributed by atoms with E-state index in [-0.39, 0.29) is 21.4 Å². The summed E-state index contributed by atoms with van der Waals surface area (Å²) in [5, 5.41) is 14.5. The van der Waals surface area contributed by atoms with Crippen molar-refractivity contribution in [1.29, 1.82) is 0 Å². The molecule has 20 heavy (non-hydrogen) atoms.